The van der Waals surface area contributed by atoms with Gasteiger partial charge in [-0.1, -0.05) is 26.7 Å². The van der Waals surface area contributed by atoms with Crippen molar-refractivity contribution in [3.63, 3.8) is 0 Å². The number of guanidine groups is 1. The lowest BCUT2D eigenvalue weighted by atomic mass is 9.78. The largest absolute Gasteiger partial charge is 0.381 e. The zero-order valence-electron chi connectivity index (χ0n) is 14.3. The van der Waals surface area contributed by atoms with Crippen molar-refractivity contribution in [2.75, 3.05) is 40.4 Å². The van der Waals surface area contributed by atoms with E-state index in [1.807, 2.05) is 7.05 Å². The number of aliphatic imine (C=N–C) groups is 1. The van der Waals surface area contributed by atoms with E-state index in [1.54, 1.807) is 0 Å². The second kappa shape index (κ2) is 7.48. The molecular formula is C17H33N3O. The molecule has 0 aromatic carbocycles. The van der Waals surface area contributed by atoms with Gasteiger partial charge in [-0.05, 0) is 30.6 Å². The van der Waals surface area contributed by atoms with Gasteiger partial charge >= 0.3 is 0 Å². The van der Waals surface area contributed by atoms with E-state index in [-0.39, 0.29) is 0 Å². The molecule has 1 unspecified atom stereocenters. The third kappa shape index (κ3) is 4.60. The van der Waals surface area contributed by atoms with Crippen LogP contribution in [-0.2, 0) is 4.74 Å². The van der Waals surface area contributed by atoms with E-state index in [1.165, 1.54) is 32.1 Å². The van der Waals surface area contributed by atoms with Gasteiger partial charge in [0, 0.05) is 39.7 Å². The predicted octanol–water partition coefficient (Wildman–Crippen LogP) is 2.75. The molecule has 2 rings (SSSR count). The van der Waals surface area contributed by atoms with Gasteiger partial charge in [0.15, 0.2) is 5.96 Å². The minimum atomic E-state index is 0.351. The maximum atomic E-state index is 5.47. The van der Waals surface area contributed by atoms with Gasteiger partial charge in [-0.3, -0.25) is 4.99 Å². The first-order chi connectivity index (χ1) is 10.0. The van der Waals surface area contributed by atoms with Crippen molar-refractivity contribution in [3.8, 4) is 0 Å². The van der Waals surface area contributed by atoms with Crippen molar-refractivity contribution in [3.05, 3.63) is 0 Å². The van der Waals surface area contributed by atoms with E-state index >= 15 is 0 Å². The highest BCUT2D eigenvalue weighted by atomic mass is 16.5. The fourth-order valence-electron chi connectivity index (χ4n) is 3.74. The van der Waals surface area contributed by atoms with Crippen LogP contribution in [0.3, 0.4) is 0 Å². The van der Waals surface area contributed by atoms with Gasteiger partial charge in [0.1, 0.15) is 0 Å². The van der Waals surface area contributed by atoms with Gasteiger partial charge in [0.05, 0.1) is 6.61 Å². The minimum absolute atomic E-state index is 0.351. The highest BCUT2D eigenvalue weighted by molar-refractivity contribution is 5.79. The molecule has 2 aliphatic rings. The standard InChI is InChI=1S/C17H33N3O/c1-17(2,15-7-5-6-8-15)13-19-16(18-3)20(4)11-14-9-10-21-12-14/h14-15H,5-13H2,1-4H3,(H,18,19). The Morgan fingerprint density at radius 3 is 2.57 bits per heavy atom. The van der Waals surface area contributed by atoms with Crippen molar-refractivity contribution in [2.45, 2.75) is 46.0 Å². The number of rotatable bonds is 5. The van der Waals surface area contributed by atoms with E-state index in [0.29, 0.717) is 11.3 Å². The van der Waals surface area contributed by atoms with Crippen LogP contribution in [0.2, 0.25) is 0 Å². The number of hydrogen-bond donors (Lipinski definition) is 1. The summed E-state index contributed by atoms with van der Waals surface area (Å²) >= 11 is 0. The van der Waals surface area contributed by atoms with Gasteiger partial charge in [0.25, 0.3) is 0 Å². The number of nitrogens with zero attached hydrogens (tertiary/aromatic N) is 2. The Hall–Kier alpha value is -0.770. The Labute approximate surface area is 130 Å². The summed E-state index contributed by atoms with van der Waals surface area (Å²) in [6.07, 6.45) is 6.77. The van der Waals surface area contributed by atoms with Crippen LogP contribution in [-0.4, -0.2) is 51.3 Å². The fraction of sp³-hybridized carbons (Fsp3) is 0.941. The van der Waals surface area contributed by atoms with E-state index < -0.39 is 0 Å². The number of ether oxygens (including phenoxy) is 1. The normalized spacial score (nSPS) is 24.6. The first kappa shape index (κ1) is 16.6. The first-order valence-electron chi connectivity index (χ1n) is 8.52. The third-order valence-electron chi connectivity index (χ3n) is 5.29. The summed E-state index contributed by atoms with van der Waals surface area (Å²) in [5, 5.41) is 3.60. The summed E-state index contributed by atoms with van der Waals surface area (Å²) in [6.45, 7) is 8.65. The van der Waals surface area contributed by atoms with E-state index in [2.05, 4.69) is 36.1 Å². The maximum Gasteiger partial charge on any atom is 0.193 e. The van der Waals surface area contributed by atoms with Gasteiger partial charge in [-0.25, -0.2) is 0 Å². The Morgan fingerprint density at radius 1 is 1.29 bits per heavy atom. The molecule has 122 valence electrons. The maximum absolute atomic E-state index is 5.47. The Bertz CT molecular complexity index is 342. The SMILES string of the molecule is CN=C(NCC(C)(C)C1CCCC1)N(C)CC1CCOC1. The van der Waals surface area contributed by atoms with Crippen LogP contribution in [0.25, 0.3) is 0 Å². The summed E-state index contributed by atoms with van der Waals surface area (Å²) in [7, 11) is 4.02. The summed E-state index contributed by atoms with van der Waals surface area (Å²) < 4.78 is 5.47. The van der Waals surface area contributed by atoms with Crippen LogP contribution in [0.4, 0.5) is 0 Å². The number of nitrogens with one attached hydrogen (secondary N) is 1. The van der Waals surface area contributed by atoms with Crippen LogP contribution in [0, 0.1) is 17.3 Å². The fourth-order valence-corrected chi connectivity index (χ4v) is 3.74. The zero-order chi connectivity index (χ0) is 15.3. The molecule has 1 aliphatic heterocycles. The summed E-state index contributed by atoms with van der Waals surface area (Å²) in [5.41, 5.74) is 0.351. The van der Waals surface area contributed by atoms with Crippen molar-refractivity contribution in [1.29, 1.82) is 0 Å². The lowest BCUT2D eigenvalue weighted by Gasteiger charge is -2.34. The molecule has 0 amide bonds. The molecule has 4 heteroatoms. The molecule has 0 aromatic heterocycles. The van der Waals surface area contributed by atoms with Crippen molar-refractivity contribution in [2.24, 2.45) is 22.2 Å². The van der Waals surface area contributed by atoms with Crippen molar-refractivity contribution >= 4 is 5.96 Å². The Balaban J connectivity index is 1.80. The second-order valence-corrected chi connectivity index (χ2v) is 7.48. The highest BCUT2D eigenvalue weighted by Crippen LogP contribution is 2.39. The molecule has 1 saturated heterocycles. The van der Waals surface area contributed by atoms with Gasteiger partial charge in [-0.15, -0.1) is 0 Å². The van der Waals surface area contributed by atoms with Crippen molar-refractivity contribution in [1.82, 2.24) is 10.2 Å². The number of hydrogen-bond acceptors (Lipinski definition) is 2. The minimum Gasteiger partial charge on any atom is -0.381 e. The second-order valence-electron chi connectivity index (χ2n) is 7.48. The zero-order valence-corrected chi connectivity index (χ0v) is 14.3. The molecule has 0 spiro atoms. The lowest BCUT2D eigenvalue weighted by molar-refractivity contribution is 0.180. The Morgan fingerprint density at radius 2 is 2.00 bits per heavy atom. The van der Waals surface area contributed by atoms with E-state index in [9.17, 15) is 0 Å². The Kier molecular flexibility index (Phi) is 5.91. The molecule has 0 aromatic rings. The summed E-state index contributed by atoms with van der Waals surface area (Å²) in [5.74, 6) is 2.53. The van der Waals surface area contributed by atoms with Gasteiger partial charge in [-0.2, -0.15) is 0 Å². The first-order valence-corrected chi connectivity index (χ1v) is 8.52. The molecule has 2 fully saturated rings. The average Bonchev–Trinajstić information content (AvgIpc) is 3.12. The smallest absolute Gasteiger partial charge is 0.193 e. The molecule has 1 aliphatic carbocycles. The van der Waals surface area contributed by atoms with Gasteiger partial charge < -0.3 is 15.0 Å². The molecule has 4 nitrogen and oxygen atoms in total. The van der Waals surface area contributed by atoms with Crippen LogP contribution >= 0.6 is 0 Å². The van der Waals surface area contributed by atoms with Crippen LogP contribution in [0.5, 0.6) is 0 Å². The summed E-state index contributed by atoms with van der Waals surface area (Å²) in [6, 6.07) is 0. The van der Waals surface area contributed by atoms with Crippen LogP contribution in [0.1, 0.15) is 46.0 Å². The van der Waals surface area contributed by atoms with Crippen LogP contribution in [0.15, 0.2) is 4.99 Å². The highest BCUT2D eigenvalue weighted by Gasteiger charge is 2.32. The van der Waals surface area contributed by atoms with Crippen LogP contribution < -0.4 is 5.32 Å². The quantitative estimate of drug-likeness (QED) is 0.626. The molecule has 1 N–H and O–H groups in total. The van der Waals surface area contributed by atoms with E-state index in [0.717, 1.165) is 38.2 Å². The predicted molar refractivity (Wildman–Crippen MR) is 88.7 cm³/mol. The average molecular weight is 295 g/mol. The van der Waals surface area contributed by atoms with Crippen molar-refractivity contribution < 1.29 is 4.74 Å². The molecule has 1 heterocycles. The molecule has 21 heavy (non-hydrogen) atoms. The topological polar surface area (TPSA) is 36.9 Å². The lowest BCUT2D eigenvalue weighted by Crippen LogP contribution is -2.46. The van der Waals surface area contributed by atoms with E-state index in [4.69, 9.17) is 4.74 Å². The monoisotopic (exact) mass is 295 g/mol. The molecular weight excluding hydrogens is 262 g/mol. The molecule has 0 bridgehead atoms. The van der Waals surface area contributed by atoms with Gasteiger partial charge in [0.2, 0.25) is 0 Å². The molecule has 1 saturated carbocycles. The summed E-state index contributed by atoms with van der Waals surface area (Å²) in [4.78, 5) is 6.70. The third-order valence-corrected chi connectivity index (χ3v) is 5.29. The molecule has 1 atom stereocenters. The molecule has 0 radical (unpaired) electrons.